The Morgan fingerprint density at radius 3 is 2.71 bits per heavy atom. The van der Waals surface area contributed by atoms with Gasteiger partial charge in [-0.25, -0.2) is 0 Å². The molecule has 1 saturated carbocycles. The van der Waals surface area contributed by atoms with Crippen molar-refractivity contribution >= 4 is 29.9 Å². The molecule has 1 heterocycles. The monoisotopic (exact) mass is 493 g/mol. The highest BCUT2D eigenvalue weighted by atomic mass is 127. The summed E-state index contributed by atoms with van der Waals surface area (Å²) in [6, 6.07) is 16.5. The van der Waals surface area contributed by atoms with Crippen LogP contribution in [0.25, 0.3) is 0 Å². The second kappa shape index (κ2) is 9.03. The van der Waals surface area contributed by atoms with Gasteiger partial charge in [-0.05, 0) is 25.0 Å². The van der Waals surface area contributed by atoms with Crippen molar-refractivity contribution in [1.82, 2.24) is 5.32 Å². The first-order valence-electron chi connectivity index (χ1n) is 9.63. The van der Waals surface area contributed by atoms with Gasteiger partial charge >= 0.3 is 0 Å². The first-order chi connectivity index (χ1) is 13.2. The molecule has 2 aromatic rings. The number of benzene rings is 2. The van der Waals surface area contributed by atoms with Gasteiger partial charge in [0.1, 0.15) is 11.5 Å². The lowest BCUT2D eigenvalue weighted by Gasteiger charge is -2.42. The number of hydrogen-bond donors (Lipinski definition) is 2. The minimum atomic E-state index is 0. The molecule has 0 saturated heterocycles. The predicted molar refractivity (Wildman–Crippen MR) is 123 cm³/mol. The van der Waals surface area contributed by atoms with Crippen LogP contribution in [0.5, 0.6) is 11.5 Å². The molecule has 5 nitrogen and oxygen atoms in total. The van der Waals surface area contributed by atoms with E-state index in [0.717, 1.165) is 36.3 Å². The van der Waals surface area contributed by atoms with Crippen molar-refractivity contribution in [2.75, 3.05) is 20.3 Å². The van der Waals surface area contributed by atoms with Crippen LogP contribution in [0.4, 0.5) is 0 Å². The van der Waals surface area contributed by atoms with Crippen LogP contribution in [0.3, 0.4) is 0 Å². The third kappa shape index (κ3) is 4.06. The summed E-state index contributed by atoms with van der Waals surface area (Å²) in [6.07, 6.45) is 4.33. The lowest BCUT2D eigenvalue weighted by molar-refractivity contribution is 0.243. The normalized spacial score (nSPS) is 20.0. The SMILES string of the molecule is COc1ccccc1C1(CN=C(N)NC2CCOc3ccccc32)CCC1.I. The van der Waals surface area contributed by atoms with Crippen molar-refractivity contribution in [3.63, 3.8) is 0 Å². The van der Waals surface area contributed by atoms with E-state index in [0.29, 0.717) is 19.1 Å². The van der Waals surface area contributed by atoms with Crippen LogP contribution < -0.4 is 20.5 Å². The van der Waals surface area contributed by atoms with Crippen LogP contribution in [0.2, 0.25) is 0 Å². The fraction of sp³-hybridized carbons (Fsp3) is 0.409. The summed E-state index contributed by atoms with van der Waals surface area (Å²) < 4.78 is 11.3. The van der Waals surface area contributed by atoms with Crippen molar-refractivity contribution in [2.24, 2.45) is 10.7 Å². The summed E-state index contributed by atoms with van der Waals surface area (Å²) in [6.45, 7) is 1.37. The molecule has 0 aromatic heterocycles. The molecule has 3 N–H and O–H groups in total. The molecule has 2 aliphatic rings. The largest absolute Gasteiger partial charge is 0.496 e. The van der Waals surface area contributed by atoms with Gasteiger partial charge in [-0.3, -0.25) is 4.99 Å². The number of para-hydroxylation sites is 2. The molecule has 0 spiro atoms. The Morgan fingerprint density at radius 1 is 1.21 bits per heavy atom. The average Bonchev–Trinajstić information content (AvgIpc) is 2.68. The maximum Gasteiger partial charge on any atom is 0.189 e. The Hall–Kier alpha value is -1.96. The lowest BCUT2D eigenvalue weighted by Crippen LogP contribution is -2.41. The Morgan fingerprint density at radius 2 is 1.96 bits per heavy atom. The van der Waals surface area contributed by atoms with Gasteiger partial charge in [0.2, 0.25) is 0 Å². The maximum atomic E-state index is 6.26. The smallest absolute Gasteiger partial charge is 0.189 e. The zero-order valence-corrected chi connectivity index (χ0v) is 18.5. The van der Waals surface area contributed by atoms with Gasteiger partial charge in [0.25, 0.3) is 0 Å². The zero-order valence-electron chi connectivity index (χ0n) is 16.2. The topological polar surface area (TPSA) is 68.9 Å². The standard InChI is InChI=1S/C22H27N3O2.HI/c1-26-20-10-5-3-8-17(20)22(12-6-13-22)15-24-21(23)25-18-11-14-27-19-9-4-2-7-16(18)19;/h2-5,7-10,18H,6,11-15H2,1H3,(H3,23,24,25);1H. The van der Waals surface area contributed by atoms with Gasteiger partial charge in [0.05, 0.1) is 26.3 Å². The number of halogens is 1. The molecular formula is C22H28IN3O2. The van der Waals surface area contributed by atoms with E-state index in [1.165, 1.54) is 12.0 Å². The van der Waals surface area contributed by atoms with Crippen molar-refractivity contribution in [3.8, 4) is 11.5 Å². The molecule has 6 heteroatoms. The van der Waals surface area contributed by atoms with Crippen LogP contribution in [0, 0.1) is 0 Å². The van der Waals surface area contributed by atoms with E-state index in [1.54, 1.807) is 7.11 Å². The number of aliphatic imine (C=N–C) groups is 1. The van der Waals surface area contributed by atoms with E-state index in [-0.39, 0.29) is 35.4 Å². The Labute approximate surface area is 183 Å². The Balaban J connectivity index is 0.00000225. The number of nitrogens with two attached hydrogens (primary N) is 1. The highest BCUT2D eigenvalue weighted by Gasteiger charge is 2.40. The number of guanidine groups is 1. The summed E-state index contributed by atoms with van der Waals surface area (Å²) >= 11 is 0. The van der Waals surface area contributed by atoms with Crippen LogP contribution in [-0.4, -0.2) is 26.2 Å². The maximum absolute atomic E-state index is 6.26. The number of rotatable bonds is 5. The third-order valence-electron chi connectivity index (χ3n) is 5.82. The number of fused-ring (bicyclic) bond motifs is 1. The summed E-state index contributed by atoms with van der Waals surface area (Å²) in [5, 5.41) is 3.39. The molecule has 28 heavy (non-hydrogen) atoms. The van der Waals surface area contributed by atoms with Crippen LogP contribution in [0.1, 0.15) is 42.9 Å². The fourth-order valence-electron chi connectivity index (χ4n) is 4.15. The number of nitrogens with one attached hydrogen (secondary N) is 1. The first-order valence-corrected chi connectivity index (χ1v) is 9.63. The van der Waals surface area contributed by atoms with E-state index >= 15 is 0 Å². The number of nitrogens with zero attached hydrogens (tertiary/aromatic N) is 1. The van der Waals surface area contributed by atoms with Gasteiger partial charge in [-0.15, -0.1) is 24.0 Å². The molecule has 1 aliphatic carbocycles. The molecule has 0 bridgehead atoms. The second-order valence-electron chi connectivity index (χ2n) is 7.41. The number of ether oxygens (including phenoxy) is 2. The molecule has 1 atom stereocenters. The van der Waals surface area contributed by atoms with Gasteiger partial charge in [0.15, 0.2) is 5.96 Å². The highest BCUT2D eigenvalue weighted by Crippen LogP contribution is 2.47. The molecule has 2 aromatic carbocycles. The van der Waals surface area contributed by atoms with Gasteiger partial charge in [0, 0.05) is 23.0 Å². The van der Waals surface area contributed by atoms with Crippen molar-refractivity contribution in [3.05, 3.63) is 59.7 Å². The molecular weight excluding hydrogens is 465 g/mol. The minimum Gasteiger partial charge on any atom is -0.496 e. The van der Waals surface area contributed by atoms with E-state index in [4.69, 9.17) is 20.2 Å². The van der Waals surface area contributed by atoms with Crippen molar-refractivity contribution in [1.29, 1.82) is 0 Å². The molecule has 150 valence electrons. The molecule has 0 amide bonds. The van der Waals surface area contributed by atoms with E-state index < -0.39 is 0 Å². The van der Waals surface area contributed by atoms with Gasteiger partial charge < -0.3 is 20.5 Å². The second-order valence-corrected chi connectivity index (χ2v) is 7.41. The quantitative estimate of drug-likeness (QED) is 0.373. The molecule has 1 fully saturated rings. The summed E-state index contributed by atoms with van der Waals surface area (Å²) in [5.41, 5.74) is 8.68. The Kier molecular flexibility index (Phi) is 6.69. The third-order valence-corrected chi connectivity index (χ3v) is 5.82. The van der Waals surface area contributed by atoms with E-state index in [1.807, 2.05) is 30.3 Å². The number of methoxy groups -OCH3 is 1. The summed E-state index contributed by atoms with van der Waals surface area (Å²) in [4.78, 5) is 4.72. The zero-order chi connectivity index (χ0) is 18.7. The van der Waals surface area contributed by atoms with Crippen LogP contribution in [0.15, 0.2) is 53.5 Å². The molecule has 1 unspecified atom stereocenters. The predicted octanol–water partition coefficient (Wildman–Crippen LogP) is 4.16. The van der Waals surface area contributed by atoms with E-state index in [9.17, 15) is 0 Å². The van der Waals surface area contributed by atoms with Crippen LogP contribution in [-0.2, 0) is 5.41 Å². The van der Waals surface area contributed by atoms with Gasteiger partial charge in [-0.1, -0.05) is 42.8 Å². The van der Waals surface area contributed by atoms with Crippen LogP contribution >= 0.6 is 24.0 Å². The lowest BCUT2D eigenvalue weighted by atomic mass is 9.64. The molecule has 4 rings (SSSR count). The average molecular weight is 493 g/mol. The summed E-state index contributed by atoms with van der Waals surface area (Å²) in [7, 11) is 1.73. The Bertz CT molecular complexity index is 836. The molecule has 0 radical (unpaired) electrons. The van der Waals surface area contributed by atoms with Gasteiger partial charge in [-0.2, -0.15) is 0 Å². The molecule has 1 aliphatic heterocycles. The number of hydrogen-bond acceptors (Lipinski definition) is 3. The minimum absolute atomic E-state index is 0. The summed E-state index contributed by atoms with van der Waals surface area (Å²) in [5.74, 6) is 2.37. The fourth-order valence-corrected chi connectivity index (χ4v) is 4.15. The highest BCUT2D eigenvalue weighted by molar-refractivity contribution is 14.0. The van der Waals surface area contributed by atoms with Crippen molar-refractivity contribution in [2.45, 2.75) is 37.1 Å². The first kappa shape index (κ1) is 20.8. The van der Waals surface area contributed by atoms with Crippen molar-refractivity contribution < 1.29 is 9.47 Å². The van der Waals surface area contributed by atoms with E-state index in [2.05, 4.69) is 23.5 Å².